The molecule has 2 N–H and O–H groups in total. The standard InChI is InChI=1S/C19H23BF3NO5/c1-13-2-4-14(5-3-13)9-28-10-16(19(21,22)23)29-17(25)24-11-18(12-24)6-15(7-18)8-20(26)27/h2-5,8,16,26-27H,6-7,9-12H2,1H3. The second-order valence-corrected chi connectivity index (χ2v) is 7.86. The highest BCUT2D eigenvalue weighted by molar-refractivity contribution is 6.47. The third-order valence-corrected chi connectivity index (χ3v) is 5.17. The van der Waals surface area contributed by atoms with Gasteiger partial charge in [-0.25, -0.2) is 4.79 Å². The van der Waals surface area contributed by atoms with Crippen LogP contribution in [0, 0.1) is 12.3 Å². The summed E-state index contributed by atoms with van der Waals surface area (Å²) in [5.41, 5.74) is 2.44. The Labute approximate surface area is 167 Å². The number of hydrogen-bond donors (Lipinski definition) is 2. The summed E-state index contributed by atoms with van der Waals surface area (Å²) in [6.45, 7) is 1.70. The molecule has 1 heterocycles. The molecule has 1 spiro atoms. The molecule has 2 aliphatic rings. The number of halogens is 3. The Kier molecular flexibility index (Phi) is 6.26. The molecule has 3 rings (SSSR count). The molecule has 1 aliphatic carbocycles. The van der Waals surface area contributed by atoms with Crippen LogP contribution in [0.25, 0.3) is 0 Å². The van der Waals surface area contributed by atoms with Crippen LogP contribution in [0.3, 0.4) is 0 Å². The van der Waals surface area contributed by atoms with Crippen molar-refractivity contribution in [2.24, 2.45) is 5.41 Å². The average molecular weight is 413 g/mol. The van der Waals surface area contributed by atoms with Crippen LogP contribution in [0.15, 0.2) is 35.8 Å². The molecule has 0 aromatic heterocycles. The van der Waals surface area contributed by atoms with Crippen LogP contribution in [-0.4, -0.2) is 60.1 Å². The number of aryl methyl sites for hydroxylation is 1. The van der Waals surface area contributed by atoms with E-state index in [1.807, 2.05) is 19.1 Å². The highest BCUT2D eigenvalue weighted by Gasteiger charge is 2.53. The molecule has 0 bridgehead atoms. The lowest BCUT2D eigenvalue weighted by Crippen LogP contribution is -2.62. The van der Waals surface area contributed by atoms with Crippen LogP contribution in [0.5, 0.6) is 0 Å². The van der Waals surface area contributed by atoms with E-state index in [9.17, 15) is 18.0 Å². The van der Waals surface area contributed by atoms with Crippen molar-refractivity contribution in [3.05, 3.63) is 46.9 Å². The maximum Gasteiger partial charge on any atom is 0.480 e. The number of likely N-dealkylation sites (tertiary alicyclic amines) is 1. The van der Waals surface area contributed by atoms with Gasteiger partial charge in [0.2, 0.25) is 6.10 Å². The maximum absolute atomic E-state index is 13.2. The lowest BCUT2D eigenvalue weighted by atomic mass is 9.59. The smallest absolute Gasteiger partial charge is 0.434 e. The predicted molar refractivity (Wildman–Crippen MR) is 98.7 cm³/mol. The Morgan fingerprint density at radius 1 is 1.28 bits per heavy atom. The topological polar surface area (TPSA) is 79.2 Å². The number of hydrogen-bond acceptors (Lipinski definition) is 5. The summed E-state index contributed by atoms with van der Waals surface area (Å²) in [5.74, 6) is 1.33. The van der Waals surface area contributed by atoms with E-state index in [0.717, 1.165) is 16.7 Å². The summed E-state index contributed by atoms with van der Waals surface area (Å²) < 4.78 is 49.5. The van der Waals surface area contributed by atoms with Crippen molar-refractivity contribution in [3.8, 4) is 0 Å². The van der Waals surface area contributed by atoms with E-state index in [-0.39, 0.29) is 12.0 Å². The lowest BCUT2D eigenvalue weighted by Gasteiger charge is -2.56. The van der Waals surface area contributed by atoms with Gasteiger partial charge in [-0.2, -0.15) is 13.2 Å². The summed E-state index contributed by atoms with van der Waals surface area (Å²) in [6, 6.07) is 7.20. The quantitative estimate of drug-likeness (QED) is 0.702. The van der Waals surface area contributed by atoms with E-state index in [1.54, 1.807) is 12.1 Å². The second kappa shape index (κ2) is 8.37. The molecule has 1 saturated heterocycles. The zero-order valence-corrected chi connectivity index (χ0v) is 16.0. The Morgan fingerprint density at radius 2 is 1.90 bits per heavy atom. The molecular weight excluding hydrogens is 390 g/mol. The molecule has 29 heavy (non-hydrogen) atoms. The van der Waals surface area contributed by atoms with Gasteiger partial charge < -0.3 is 24.4 Å². The molecule has 158 valence electrons. The SMILES string of the molecule is Cc1ccc(COCC(OC(=O)N2CC3(CC(=CB(O)O)C3)C2)C(F)(F)F)cc1. The normalized spacial score (nSPS) is 18.7. The van der Waals surface area contributed by atoms with Crippen LogP contribution in [0.2, 0.25) is 0 Å². The van der Waals surface area contributed by atoms with Gasteiger partial charge in [-0.15, -0.1) is 0 Å². The number of rotatable bonds is 6. The van der Waals surface area contributed by atoms with Crippen molar-refractivity contribution in [2.75, 3.05) is 19.7 Å². The molecule has 6 nitrogen and oxygen atoms in total. The van der Waals surface area contributed by atoms with Gasteiger partial charge >= 0.3 is 19.4 Å². The first-order valence-electron chi connectivity index (χ1n) is 9.28. The highest BCUT2D eigenvalue weighted by Crippen LogP contribution is 2.51. The van der Waals surface area contributed by atoms with Gasteiger partial charge in [-0.1, -0.05) is 41.4 Å². The van der Waals surface area contributed by atoms with Crippen LogP contribution in [0.1, 0.15) is 24.0 Å². The maximum atomic E-state index is 13.2. The fraction of sp³-hybridized carbons (Fsp3) is 0.526. The predicted octanol–water partition coefficient (Wildman–Crippen LogP) is 2.61. The summed E-state index contributed by atoms with van der Waals surface area (Å²) >= 11 is 0. The van der Waals surface area contributed by atoms with E-state index >= 15 is 0 Å². The third-order valence-electron chi connectivity index (χ3n) is 5.17. The highest BCUT2D eigenvalue weighted by atomic mass is 19.4. The van der Waals surface area contributed by atoms with Crippen molar-refractivity contribution in [2.45, 2.75) is 38.7 Å². The zero-order chi connectivity index (χ0) is 21.2. The molecular formula is C19H23BF3NO5. The Balaban J connectivity index is 1.46. The van der Waals surface area contributed by atoms with Crippen LogP contribution >= 0.6 is 0 Å². The number of allylic oxidation sites excluding steroid dienone is 1. The number of ether oxygens (including phenoxy) is 2. The molecule has 0 radical (unpaired) electrons. The average Bonchev–Trinajstić information content (AvgIpc) is 2.55. The number of carbonyl (C=O) groups excluding carboxylic acids is 1. The van der Waals surface area contributed by atoms with Gasteiger partial charge in [0.05, 0.1) is 13.2 Å². The van der Waals surface area contributed by atoms with Gasteiger partial charge in [-0.3, -0.25) is 0 Å². The van der Waals surface area contributed by atoms with E-state index in [4.69, 9.17) is 14.8 Å². The summed E-state index contributed by atoms with van der Waals surface area (Å²) in [4.78, 5) is 13.3. The van der Waals surface area contributed by atoms with Crippen molar-refractivity contribution in [3.63, 3.8) is 0 Å². The van der Waals surface area contributed by atoms with Crippen molar-refractivity contribution in [1.29, 1.82) is 0 Å². The molecule has 1 atom stereocenters. The third kappa shape index (κ3) is 5.52. The number of amides is 1. The summed E-state index contributed by atoms with van der Waals surface area (Å²) in [6.07, 6.45) is -6.89. The van der Waals surface area contributed by atoms with Gasteiger partial charge in [0.25, 0.3) is 0 Å². The van der Waals surface area contributed by atoms with Crippen molar-refractivity contribution < 1.29 is 37.5 Å². The molecule has 10 heteroatoms. The Hall–Kier alpha value is -2.04. The summed E-state index contributed by atoms with van der Waals surface area (Å²) in [7, 11) is -1.52. The minimum absolute atomic E-state index is 0.0109. The molecule has 2 fully saturated rings. The van der Waals surface area contributed by atoms with E-state index in [2.05, 4.69) is 4.74 Å². The van der Waals surface area contributed by atoms with E-state index in [0.29, 0.717) is 25.9 Å². The van der Waals surface area contributed by atoms with Crippen LogP contribution in [0.4, 0.5) is 18.0 Å². The number of alkyl halides is 3. The zero-order valence-electron chi connectivity index (χ0n) is 16.0. The molecule has 1 saturated carbocycles. The van der Waals surface area contributed by atoms with Crippen molar-refractivity contribution in [1.82, 2.24) is 4.90 Å². The molecule has 1 aromatic rings. The summed E-state index contributed by atoms with van der Waals surface area (Å²) in [5, 5.41) is 17.8. The number of carbonyl (C=O) groups is 1. The Morgan fingerprint density at radius 3 is 2.45 bits per heavy atom. The van der Waals surface area contributed by atoms with Crippen LogP contribution in [-0.2, 0) is 16.1 Å². The first-order chi connectivity index (χ1) is 13.6. The van der Waals surface area contributed by atoms with E-state index in [1.165, 1.54) is 10.9 Å². The number of benzene rings is 1. The molecule has 1 aliphatic heterocycles. The molecule has 1 aromatic carbocycles. The monoisotopic (exact) mass is 413 g/mol. The van der Waals surface area contributed by atoms with Crippen LogP contribution < -0.4 is 0 Å². The largest absolute Gasteiger partial charge is 0.480 e. The van der Waals surface area contributed by atoms with Gasteiger partial charge in [0, 0.05) is 18.5 Å². The molecule has 1 unspecified atom stereocenters. The first kappa shape index (κ1) is 21.7. The fourth-order valence-electron chi connectivity index (χ4n) is 3.72. The number of nitrogens with zero attached hydrogens (tertiary/aromatic N) is 1. The lowest BCUT2D eigenvalue weighted by molar-refractivity contribution is -0.222. The van der Waals surface area contributed by atoms with E-state index < -0.39 is 32.1 Å². The first-order valence-corrected chi connectivity index (χ1v) is 9.28. The van der Waals surface area contributed by atoms with Crippen molar-refractivity contribution >= 4 is 13.2 Å². The minimum Gasteiger partial charge on any atom is -0.434 e. The van der Waals surface area contributed by atoms with Gasteiger partial charge in [-0.05, 0) is 25.3 Å². The van der Waals surface area contributed by atoms with Gasteiger partial charge in [0.1, 0.15) is 0 Å². The second-order valence-electron chi connectivity index (χ2n) is 7.86. The Bertz CT molecular complexity index is 750. The fourth-order valence-corrected chi connectivity index (χ4v) is 3.72. The molecule has 1 amide bonds. The minimum atomic E-state index is -4.73. The van der Waals surface area contributed by atoms with Gasteiger partial charge in [0.15, 0.2) is 0 Å².